The fraction of sp³-hybridized carbons (Fsp3) is 0.462. The topological polar surface area (TPSA) is 41.1 Å². The molecule has 0 unspecified atom stereocenters. The summed E-state index contributed by atoms with van der Waals surface area (Å²) in [5, 5.41) is 6.76. The van der Waals surface area contributed by atoms with Crippen molar-refractivity contribution in [1.29, 1.82) is 0 Å². The molecular weight excluding hydrogens is 307 g/mol. The summed E-state index contributed by atoms with van der Waals surface area (Å²) in [6.07, 6.45) is 0. The van der Waals surface area contributed by atoms with Crippen molar-refractivity contribution in [1.82, 2.24) is 10.6 Å². The highest BCUT2D eigenvalue weighted by molar-refractivity contribution is 6.42. The van der Waals surface area contributed by atoms with Crippen LogP contribution in [-0.4, -0.2) is 26.0 Å². The number of benzene rings is 1. The standard InChI is InChI=1S/C13H18Cl2N2O.ClH/c1-13(2,8-17-12(18)7-16-3)9-4-5-10(14)11(15)6-9;/h4-6,16H,7-8H2,1-3H3,(H,17,18);1H. The lowest BCUT2D eigenvalue weighted by Crippen LogP contribution is -2.40. The second-order valence-corrected chi connectivity index (χ2v) is 5.63. The van der Waals surface area contributed by atoms with E-state index in [4.69, 9.17) is 23.2 Å². The third-order valence-electron chi connectivity index (χ3n) is 2.77. The monoisotopic (exact) mass is 324 g/mol. The van der Waals surface area contributed by atoms with Crippen LogP contribution in [0.25, 0.3) is 0 Å². The van der Waals surface area contributed by atoms with Gasteiger partial charge in [-0.05, 0) is 24.7 Å². The molecule has 108 valence electrons. The van der Waals surface area contributed by atoms with E-state index in [9.17, 15) is 4.79 Å². The Balaban J connectivity index is 0.00000324. The lowest BCUT2D eigenvalue weighted by atomic mass is 9.84. The van der Waals surface area contributed by atoms with E-state index in [1.165, 1.54) is 0 Å². The number of halogens is 3. The predicted octanol–water partition coefficient (Wildman–Crippen LogP) is 3.03. The van der Waals surface area contributed by atoms with Crippen molar-refractivity contribution < 1.29 is 4.79 Å². The molecule has 3 nitrogen and oxygen atoms in total. The van der Waals surface area contributed by atoms with Gasteiger partial charge >= 0.3 is 0 Å². The minimum Gasteiger partial charge on any atom is -0.354 e. The Morgan fingerprint density at radius 2 is 1.89 bits per heavy atom. The molecule has 1 aromatic rings. The highest BCUT2D eigenvalue weighted by Gasteiger charge is 2.22. The van der Waals surface area contributed by atoms with Gasteiger partial charge in [0.1, 0.15) is 0 Å². The first-order chi connectivity index (χ1) is 8.36. The van der Waals surface area contributed by atoms with Gasteiger partial charge in [0.25, 0.3) is 0 Å². The van der Waals surface area contributed by atoms with Gasteiger partial charge in [0.05, 0.1) is 16.6 Å². The SMILES string of the molecule is CNCC(=O)NCC(C)(C)c1ccc(Cl)c(Cl)c1.Cl. The van der Waals surface area contributed by atoms with Crippen LogP contribution in [0, 0.1) is 0 Å². The molecule has 0 aliphatic carbocycles. The first kappa shape index (κ1) is 18.5. The van der Waals surface area contributed by atoms with E-state index in [2.05, 4.69) is 10.6 Å². The molecule has 1 amide bonds. The van der Waals surface area contributed by atoms with Crippen molar-refractivity contribution in [2.75, 3.05) is 20.1 Å². The van der Waals surface area contributed by atoms with Gasteiger partial charge in [-0.15, -0.1) is 12.4 Å². The molecule has 6 heteroatoms. The first-order valence-corrected chi connectivity index (χ1v) is 6.49. The summed E-state index contributed by atoms with van der Waals surface area (Å²) in [7, 11) is 1.74. The summed E-state index contributed by atoms with van der Waals surface area (Å²) in [5.74, 6) is -0.0226. The first-order valence-electron chi connectivity index (χ1n) is 5.73. The van der Waals surface area contributed by atoms with Gasteiger partial charge in [-0.1, -0.05) is 43.1 Å². The molecule has 0 radical (unpaired) electrons. The van der Waals surface area contributed by atoms with E-state index in [1.54, 1.807) is 13.1 Å². The molecular formula is C13H19Cl3N2O. The third kappa shape index (κ3) is 5.57. The highest BCUT2D eigenvalue weighted by atomic mass is 35.5. The zero-order chi connectivity index (χ0) is 13.8. The van der Waals surface area contributed by atoms with E-state index < -0.39 is 0 Å². The smallest absolute Gasteiger partial charge is 0.233 e. The molecule has 0 aliphatic rings. The summed E-state index contributed by atoms with van der Waals surface area (Å²) in [5.41, 5.74) is 0.846. The lowest BCUT2D eigenvalue weighted by Gasteiger charge is -2.26. The number of likely N-dealkylation sites (N-methyl/N-ethyl adjacent to an activating group) is 1. The van der Waals surface area contributed by atoms with Crippen LogP contribution in [0.1, 0.15) is 19.4 Å². The molecule has 0 aromatic heterocycles. The van der Waals surface area contributed by atoms with Gasteiger partial charge in [0.15, 0.2) is 0 Å². The van der Waals surface area contributed by atoms with E-state index in [0.717, 1.165) is 5.56 Å². The highest BCUT2D eigenvalue weighted by Crippen LogP contribution is 2.29. The zero-order valence-electron chi connectivity index (χ0n) is 11.2. The Morgan fingerprint density at radius 3 is 2.42 bits per heavy atom. The van der Waals surface area contributed by atoms with Crippen LogP contribution in [0.4, 0.5) is 0 Å². The van der Waals surface area contributed by atoms with Gasteiger partial charge in [-0.3, -0.25) is 4.79 Å². The van der Waals surface area contributed by atoms with E-state index in [-0.39, 0.29) is 23.7 Å². The summed E-state index contributed by atoms with van der Waals surface area (Å²) in [6, 6.07) is 5.54. The van der Waals surface area contributed by atoms with Crippen molar-refractivity contribution >= 4 is 41.5 Å². The Morgan fingerprint density at radius 1 is 1.26 bits per heavy atom. The Kier molecular flexibility index (Phi) is 7.75. The van der Waals surface area contributed by atoms with Crippen LogP contribution in [0.5, 0.6) is 0 Å². The molecule has 19 heavy (non-hydrogen) atoms. The Bertz CT molecular complexity index is 436. The molecule has 0 fully saturated rings. The normalized spacial score (nSPS) is 10.8. The molecule has 0 atom stereocenters. The van der Waals surface area contributed by atoms with Crippen molar-refractivity contribution in [3.8, 4) is 0 Å². The number of hydrogen-bond acceptors (Lipinski definition) is 2. The molecule has 1 aromatic carbocycles. The maximum atomic E-state index is 11.4. The molecule has 0 heterocycles. The minimum atomic E-state index is -0.197. The maximum absolute atomic E-state index is 11.4. The summed E-state index contributed by atoms with van der Waals surface area (Å²) in [4.78, 5) is 11.4. The molecule has 0 bridgehead atoms. The number of carbonyl (C=O) groups excluding carboxylic acids is 1. The number of rotatable bonds is 5. The largest absolute Gasteiger partial charge is 0.354 e. The second kappa shape index (κ2) is 7.95. The average molecular weight is 326 g/mol. The third-order valence-corrected chi connectivity index (χ3v) is 3.50. The van der Waals surface area contributed by atoms with Crippen LogP contribution in [0.2, 0.25) is 10.0 Å². The zero-order valence-corrected chi connectivity index (χ0v) is 13.5. The minimum absolute atomic E-state index is 0. The molecule has 0 aliphatic heterocycles. The van der Waals surface area contributed by atoms with Gasteiger partial charge < -0.3 is 10.6 Å². The van der Waals surface area contributed by atoms with Crippen LogP contribution >= 0.6 is 35.6 Å². The molecule has 1 rings (SSSR count). The fourth-order valence-electron chi connectivity index (χ4n) is 1.56. The van der Waals surface area contributed by atoms with E-state index in [0.29, 0.717) is 23.1 Å². The molecule has 0 saturated carbocycles. The van der Waals surface area contributed by atoms with Crippen molar-refractivity contribution in [2.24, 2.45) is 0 Å². The van der Waals surface area contributed by atoms with Gasteiger partial charge in [-0.25, -0.2) is 0 Å². The fourth-order valence-corrected chi connectivity index (χ4v) is 1.86. The Hall–Kier alpha value is -0.480. The number of amides is 1. The lowest BCUT2D eigenvalue weighted by molar-refractivity contribution is -0.120. The summed E-state index contributed by atoms with van der Waals surface area (Å²) < 4.78 is 0. The van der Waals surface area contributed by atoms with Gasteiger partial charge in [0, 0.05) is 12.0 Å². The van der Waals surface area contributed by atoms with E-state index in [1.807, 2.05) is 26.0 Å². The number of carbonyl (C=O) groups is 1. The molecule has 0 saturated heterocycles. The summed E-state index contributed by atoms with van der Waals surface area (Å²) in [6.45, 7) is 4.96. The predicted molar refractivity (Wildman–Crippen MR) is 83.7 cm³/mol. The second-order valence-electron chi connectivity index (χ2n) is 4.82. The van der Waals surface area contributed by atoms with Gasteiger partial charge in [-0.2, -0.15) is 0 Å². The quantitative estimate of drug-likeness (QED) is 0.873. The van der Waals surface area contributed by atoms with Gasteiger partial charge in [0.2, 0.25) is 5.91 Å². The van der Waals surface area contributed by atoms with Crippen LogP contribution in [-0.2, 0) is 10.2 Å². The molecule has 0 spiro atoms. The molecule has 2 N–H and O–H groups in total. The van der Waals surface area contributed by atoms with Crippen molar-refractivity contribution in [3.63, 3.8) is 0 Å². The van der Waals surface area contributed by atoms with E-state index >= 15 is 0 Å². The van der Waals surface area contributed by atoms with Crippen LogP contribution in [0.3, 0.4) is 0 Å². The maximum Gasteiger partial charge on any atom is 0.233 e. The van der Waals surface area contributed by atoms with Crippen LogP contribution < -0.4 is 10.6 Å². The van der Waals surface area contributed by atoms with Crippen molar-refractivity contribution in [3.05, 3.63) is 33.8 Å². The summed E-state index contributed by atoms with van der Waals surface area (Å²) >= 11 is 11.9. The number of nitrogens with one attached hydrogen (secondary N) is 2. The average Bonchev–Trinajstić information content (AvgIpc) is 2.30. The van der Waals surface area contributed by atoms with Crippen molar-refractivity contribution in [2.45, 2.75) is 19.3 Å². The van der Waals surface area contributed by atoms with Crippen LogP contribution in [0.15, 0.2) is 18.2 Å². The number of hydrogen-bond donors (Lipinski definition) is 2. The Labute approximate surface area is 130 Å².